The highest BCUT2D eigenvalue weighted by atomic mass is 35.5. The van der Waals surface area contributed by atoms with Crippen molar-refractivity contribution in [3.63, 3.8) is 0 Å². The number of hydrogen-bond donors (Lipinski definition) is 2. The van der Waals surface area contributed by atoms with Crippen LogP contribution in [0.5, 0.6) is 0 Å². The number of carbonyl (C=O) groups excluding carboxylic acids is 1. The molecule has 4 rings (SSSR count). The van der Waals surface area contributed by atoms with Gasteiger partial charge in [-0.1, -0.05) is 60.1 Å². The summed E-state index contributed by atoms with van der Waals surface area (Å²) in [7, 11) is 0. The van der Waals surface area contributed by atoms with E-state index in [2.05, 4.69) is 22.8 Å². The Morgan fingerprint density at radius 2 is 1.62 bits per heavy atom. The summed E-state index contributed by atoms with van der Waals surface area (Å²) in [5.74, 6) is -0.212. The van der Waals surface area contributed by atoms with Crippen LogP contribution in [-0.4, -0.2) is 5.91 Å². The van der Waals surface area contributed by atoms with Gasteiger partial charge in [-0.15, -0.1) is 0 Å². The van der Waals surface area contributed by atoms with E-state index in [9.17, 15) is 4.79 Å². The molecular formula is C22H19ClN2O. The molecule has 0 saturated heterocycles. The average molecular weight is 363 g/mol. The van der Waals surface area contributed by atoms with Crippen molar-refractivity contribution in [3.05, 3.63) is 95.0 Å². The van der Waals surface area contributed by atoms with Gasteiger partial charge in [-0.05, 0) is 47.9 Å². The van der Waals surface area contributed by atoms with Gasteiger partial charge in [0.05, 0.1) is 12.0 Å². The van der Waals surface area contributed by atoms with E-state index in [1.165, 1.54) is 5.56 Å². The molecule has 0 spiro atoms. The summed E-state index contributed by atoms with van der Waals surface area (Å²) in [6, 6.07) is 25.6. The van der Waals surface area contributed by atoms with Crippen LogP contribution in [0.4, 0.5) is 11.4 Å². The van der Waals surface area contributed by atoms with Crippen molar-refractivity contribution in [2.75, 3.05) is 10.6 Å². The van der Waals surface area contributed by atoms with Crippen LogP contribution in [0, 0.1) is 0 Å². The minimum Gasteiger partial charge on any atom is -0.378 e. The van der Waals surface area contributed by atoms with Gasteiger partial charge in [0, 0.05) is 16.4 Å². The number of anilines is 2. The number of benzene rings is 3. The van der Waals surface area contributed by atoms with Gasteiger partial charge in [0.15, 0.2) is 0 Å². The van der Waals surface area contributed by atoms with Crippen LogP contribution in [0.3, 0.4) is 0 Å². The molecule has 0 aliphatic carbocycles. The summed E-state index contributed by atoms with van der Waals surface area (Å²) in [4.78, 5) is 13.0. The monoisotopic (exact) mass is 362 g/mol. The topological polar surface area (TPSA) is 41.1 Å². The molecule has 1 aliphatic heterocycles. The molecule has 0 aromatic heterocycles. The minimum absolute atomic E-state index is 0.00204. The van der Waals surface area contributed by atoms with Crippen molar-refractivity contribution >= 4 is 28.9 Å². The predicted molar refractivity (Wildman–Crippen MR) is 107 cm³/mol. The zero-order valence-electron chi connectivity index (χ0n) is 14.2. The lowest BCUT2D eigenvalue weighted by molar-refractivity contribution is -0.117. The second kappa shape index (κ2) is 7.22. The molecule has 4 heteroatoms. The maximum Gasteiger partial charge on any atom is 0.232 e. The second-order valence-electron chi connectivity index (χ2n) is 6.48. The van der Waals surface area contributed by atoms with Crippen molar-refractivity contribution in [1.29, 1.82) is 0 Å². The lowest BCUT2D eigenvalue weighted by atomic mass is 9.84. The molecule has 0 fully saturated rings. The van der Waals surface area contributed by atoms with Crippen LogP contribution in [-0.2, 0) is 4.79 Å². The first-order valence-corrected chi connectivity index (χ1v) is 9.05. The molecule has 3 aromatic carbocycles. The summed E-state index contributed by atoms with van der Waals surface area (Å²) >= 11 is 5.93. The fourth-order valence-electron chi connectivity index (χ4n) is 3.46. The molecule has 1 heterocycles. The number of fused-ring (bicyclic) bond motifs is 1. The minimum atomic E-state index is -0.215. The van der Waals surface area contributed by atoms with E-state index in [1.54, 1.807) is 12.1 Å². The summed E-state index contributed by atoms with van der Waals surface area (Å²) in [5, 5.41) is 7.25. The Morgan fingerprint density at radius 3 is 2.38 bits per heavy atom. The van der Waals surface area contributed by atoms with Crippen LogP contribution < -0.4 is 10.6 Å². The Bertz CT molecular complexity index is 909. The fraction of sp³-hybridized carbons (Fsp3) is 0.136. The van der Waals surface area contributed by atoms with Crippen LogP contribution >= 0.6 is 11.6 Å². The lowest BCUT2D eigenvalue weighted by Gasteiger charge is -2.33. The summed E-state index contributed by atoms with van der Waals surface area (Å²) < 4.78 is 0. The molecule has 1 amide bonds. The van der Waals surface area contributed by atoms with E-state index in [0.29, 0.717) is 11.4 Å². The van der Waals surface area contributed by atoms with Gasteiger partial charge in [-0.3, -0.25) is 4.79 Å². The molecule has 26 heavy (non-hydrogen) atoms. The van der Waals surface area contributed by atoms with Crippen molar-refractivity contribution in [2.45, 2.75) is 18.4 Å². The van der Waals surface area contributed by atoms with Gasteiger partial charge in [0.1, 0.15) is 0 Å². The zero-order chi connectivity index (χ0) is 17.9. The number of rotatable bonds is 3. The Kier molecular flexibility index (Phi) is 4.63. The second-order valence-corrected chi connectivity index (χ2v) is 6.92. The molecule has 2 atom stereocenters. The molecule has 0 bridgehead atoms. The molecule has 3 aromatic rings. The average Bonchev–Trinajstić information content (AvgIpc) is 2.69. The zero-order valence-corrected chi connectivity index (χ0v) is 14.9. The van der Waals surface area contributed by atoms with Gasteiger partial charge in [-0.2, -0.15) is 0 Å². The van der Waals surface area contributed by atoms with E-state index in [-0.39, 0.29) is 17.9 Å². The first kappa shape index (κ1) is 16.7. The SMILES string of the molecule is O=C(Nc1ccc(Cl)cc1)C1CC(c2ccccc2)Nc2ccccc21. The Labute approximate surface area is 158 Å². The van der Waals surface area contributed by atoms with Gasteiger partial charge >= 0.3 is 0 Å². The van der Waals surface area contributed by atoms with Gasteiger partial charge < -0.3 is 10.6 Å². The fourth-order valence-corrected chi connectivity index (χ4v) is 3.58. The predicted octanol–water partition coefficient (Wildman–Crippen LogP) is 5.62. The largest absolute Gasteiger partial charge is 0.378 e. The Hall–Kier alpha value is -2.78. The van der Waals surface area contributed by atoms with E-state index >= 15 is 0 Å². The highest BCUT2D eigenvalue weighted by Gasteiger charge is 2.32. The summed E-state index contributed by atoms with van der Waals surface area (Å²) in [5.41, 5.74) is 3.99. The van der Waals surface area contributed by atoms with Gasteiger partial charge in [-0.25, -0.2) is 0 Å². The number of para-hydroxylation sites is 1. The third-order valence-electron chi connectivity index (χ3n) is 4.77. The van der Waals surface area contributed by atoms with Crippen LogP contribution in [0.15, 0.2) is 78.9 Å². The van der Waals surface area contributed by atoms with E-state index in [1.807, 2.05) is 54.6 Å². The molecule has 3 nitrogen and oxygen atoms in total. The number of carbonyl (C=O) groups is 1. The van der Waals surface area contributed by atoms with E-state index in [4.69, 9.17) is 11.6 Å². The summed E-state index contributed by atoms with van der Waals surface area (Å²) in [6.07, 6.45) is 0.709. The number of halogens is 1. The van der Waals surface area contributed by atoms with Crippen LogP contribution in [0.25, 0.3) is 0 Å². The van der Waals surface area contributed by atoms with Crippen molar-refractivity contribution in [2.24, 2.45) is 0 Å². The molecule has 1 aliphatic rings. The standard InChI is InChI=1S/C22H19ClN2O/c23-16-10-12-17(13-11-16)24-22(26)19-14-21(15-6-2-1-3-7-15)25-20-9-5-4-8-18(19)20/h1-13,19,21,25H,14H2,(H,24,26). The number of hydrogen-bond acceptors (Lipinski definition) is 2. The highest BCUT2D eigenvalue weighted by Crippen LogP contribution is 2.40. The maximum absolute atomic E-state index is 13.0. The number of amides is 1. The van der Waals surface area contributed by atoms with Crippen LogP contribution in [0.2, 0.25) is 5.02 Å². The summed E-state index contributed by atoms with van der Waals surface area (Å²) in [6.45, 7) is 0. The van der Waals surface area contributed by atoms with E-state index < -0.39 is 0 Å². The van der Waals surface area contributed by atoms with Crippen molar-refractivity contribution in [3.8, 4) is 0 Å². The van der Waals surface area contributed by atoms with Crippen molar-refractivity contribution in [1.82, 2.24) is 0 Å². The van der Waals surface area contributed by atoms with E-state index in [0.717, 1.165) is 16.9 Å². The Balaban J connectivity index is 1.62. The lowest BCUT2D eigenvalue weighted by Crippen LogP contribution is -2.29. The first-order valence-electron chi connectivity index (χ1n) is 8.67. The third kappa shape index (κ3) is 3.44. The molecule has 0 saturated carbocycles. The Morgan fingerprint density at radius 1 is 0.923 bits per heavy atom. The highest BCUT2D eigenvalue weighted by molar-refractivity contribution is 6.30. The maximum atomic E-state index is 13.0. The van der Waals surface area contributed by atoms with Crippen LogP contribution in [0.1, 0.15) is 29.5 Å². The molecule has 0 radical (unpaired) electrons. The molecule has 130 valence electrons. The molecule has 2 unspecified atom stereocenters. The number of nitrogens with one attached hydrogen (secondary N) is 2. The van der Waals surface area contributed by atoms with Crippen molar-refractivity contribution < 1.29 is 4.79 Å². The smallest absolute Gasteiger partial charge is 0.232 e. The molecular weight excluding hydrogens is 344 g/mol. The van der Waals surface area contributed by atoms with Gasteiger partial charge in [0.25, 0.3) is 0 Å². The first-order chi connectivity index (χ1) is 12.7. The quantitative estimate of drug-likeness (QED) is 0.635. The normalized spacial score (nSPS) is 18.5. The third-order valence-corrected chi connectivity index (χ3v) is 5.02. The molecule has 2 N–H and O–H groups in total. The van der Waals surface area contributed by atoms with Gasteiger partial charge in [0.2, 0.25) is 5.91 Å².